The topological polar surface area (TPSA) is 50.4 Å². The number of ether oxygens (including phenoxy) is 1. The molecule has 0 radical (unpaired) electrons. The van der Waals surface area contributed by atoms with Crippen molar-refractivity contribution >= 4 is 28.9 Å². The molecule has 4 nitrogen and oxygen atoms in total. The van der Waals surface area contributed by atoms with Gasteiger partial charge in [0.1, 0.15) is 5.75 Å². The minimum atomic E-state index is -0.0291. The van der Waals surface area contributed by atoms with Gasteiger partial charge in [-0.25, -0.2) is 0 Å². The molecule has 1 fully saturated rings. The summed E-state index contributed by atoms with van der Waals surface area (Å²) in [5, 5.41) is 6.11. The number of benzene rings is 1. The quantitative estimate of drug-likeness (QED) is 0.446. The van der Waals surface area contributed by atoms with E-state index >= 15 is 0 Å². The van der Waals surface area contributed by atoms with Gasteiger partial charge in [0.15, 0.2) is 5.11 Å². The zero-order chi connectivity index (χ0) is 18.6. The average molecular weight is 377 g/mol. The van der Waals surface area contributed by atoms with E-state index in [2.05, 4.69) is 17.6 Å². The second-order valence-corrected chi connectivity index (χ2v) is 7.53. The maximum Gasteiger partial charge on any atom is 0.226 e. The Morgan fingerprint density at radius 3 is 2.58 bits per heavy atom. The number of carbonyl (C=O) groups is 1. The van der Waals surface area contributed by atoms with Gasteiger partial charge in [0, 0.05) is 12.1 Å². The highest BCUT2D eigenvalue weighted by atomic mass is 32.1. The number of amides is 1. The van der Waals surface area contributed by atoms with E-state index in [-0.39, 0.29) is 5.91 Å². The van der Waals surface area contributed by atoms with Crippen LogP contribution < -0.4 is 15.4 Å². The number of carbonyl (C=O) groups excluding carboxylic acids is 1. The van der Waals surface area contributed by atoms with Crippen molar-refractivity contribution in [1.82, 2.24) is 5.32 Å². The zero-order valence-electron chi connectivity index (χ0n) is 15.9. The van der Waals surface area contributed by atoms with Gasteiger partial charge in [0.2, 0.25) is 5.91 Å². The molecule has 2 rings (SSSR count). The molecule has 1 saturated carbocycles. The van der Waals surface area contributed by atoms with Crippen LogP contribution in [0.4, 0.5) is 5.69 Å². The molecule has 0 aliphatic heterocycles. The molecule has 1 aromatic rings. The molecule has 1 aliphatic rings. The maximum atomic E-state index is 11.8. The Kier molecular flexibility index (Phi) is 9.46. The van der Waals surface area contributed by atoms with Crippen LogP contribution in [0.25, 0.3) is 0 Å². The van der Waals surface area contributed by atoms with Crippen LogP contribution in [0.3, 0.4) is 0 Å². The second kappa shape index (κ2) is 11.9. The standard InChI is InChI=1S/C21H32N2O2S/c1-2-3-5-10-20(24)23-21(26)22-18-11-13-19(14-12-18)25-16-15-17-8-6-4-7-9-17/h11-14,17H,2-10,15-16H2,1H3,(H2,22,23,24,26). The predicted molar refractivity (Wildman–Crippen MR) is 112 cm³/mol. The fourth-order valence-corrected chi connectivity index (χ4v) is 3.57. The lowest BCUT2D eigenvalue weighted by molar-refractivity contribution is -0.119. The van der Waals surface area contributed by atoms with Gasteiger partial charge in [0.05, 0.1) is 6.61 Å². The largest absolute Gasteiger partial charge is 0.494 e. The third-order valence-electron chi connectivity index (χ3n) is 4.89. The molecule has 0 atom stereocenters. The molecule has 1 aromatic carbocycles. The number of unbranched alkanes of at least 4 members (excludes halogenated alkanes) is 2. The Labute approximate surface area is 163 Å². The SMILES string of the molecule is CCCCCC(=O)NC(=S)Nc1ccc(OCCC2CCCCC2)cc1. The highest BCUT2D eigenvalue weighted by molar-refractivity contribution is 7.80. The van der Waals surface area contributed by atoms with Gasteiger partial charge >= 0.3 is 0 Å². The van der Waals surface area contributed by atoms with Gasteiger partial charge < -0.3 is 15.4 Å². The number of hydrogen-bond donors (Lipinski definition) is 2. The second-order valence-electron chi connectivity index (χ2n) is 7.12. The van der Waals surface area contributed by atoms with E-state index in [0.717, 1.165) is 49.6 Å². The number of anilines is 1. The van der Waals surface area contributed by atoms with Gasteiger partial charge in [-0.3, -0.25) is 4.79 Å². The van der Waals surface area contributed by atoms with Gasteiger partial charge in [-0.15, -0.1) is 0 Å². The third-order valence-corrected chi connectivity index (χ3v) is 5.10. The normalized spacial score (nSPS) is 14.7. The number of hydrogen-bond acceptors (Lipinski definition) is 3. The van der Waals surface area contributed by atoms with Crippen molar-refractivity contribution in [2.75, 3.05) is 11.9 Å². The molecule has 0 heterocycles. The molecule has 0 saturated heterocycles. The minimum Gasteiger partial charge on any atom is -0.494 e. The fraction of sp³-hybridized carbons (Fsp3) is 0.619. The molecule has 26 heavy (non-hydrogen) atoms. The summed E-state index contributed by atoms with van der Waals surface area (Å²) in [4.78, 5) is 11.8. The monoisotopic (exact) mass is 376 g/mol. The van der Waals surface area contributed by atoms with Crippen molar-refractivity contribution in [3.05, 3.63) is 24.3 Å². The molecular weight excluding hydrogens is 344 g/mol. The van der Waals surface area contributed by atoms with Crippen LogP contribution in [0.15, 0.2) is 24.3 Å². The van der Waals surface area contributed by atoms with Crippen LogP contribution in [-0.4, -0.2) is 17.6 Å². The molecule has 0 bridgehead atoms. The van der Waals surface area contributed by atoms with Gasteiger partial charge in [-0.05, 0) is 55.2 Å². The van der Waals surface area contributed by atoms with Crippen LogP contribution in [0, 0.1) is 5.92 Å². The van der Waals surface area contributed by atoms with Gasteiger partial charge in [0.25, 0.3) is 0 Å². The summed E-state index contributed by atoms with van der Waals surface area (Å²) < 4.78 is 5.86. The summed E-state index contributed by atoms with van der Waals surface area (Å²) in [7, 11) is 0. The fourth-order valence-electron chi connectivity index (χ4n) is 3.34. The Hall–Kier alpha value is -1.62. The molecule has 0 unspecified atom stereocenters. The van der Waals surface area contributed by atoms with Crippen LogP contribution in [0.5, 0.6) is 5.75 Å². The average Bonchev–Trinajstić information content (AvgIpc) is 2.64. The smallest absolute Gasteiger partial charge is 0.226 e. The van der Waals surface area contributed by atoms with Gasteiger partial charge in [-0.2, -0.15) is 0 Å². The van der Waals surface area contributed by atoms with Crippen LogP contribution in [-0.2, 0) is 4.79 Å². The van der Waals surface area contributed by atoms with E-state index in [0.29, 0.717) is 11.5 Å². The Morgan fingerprint density at radius 2 is 1.88 bits per heavy atom. The summed E-state index contributed by atoms with van der Waals surface area (Å²) in [5.74, 6) is 1.68. The molecule has 5 heteroatoms. The Morgan fingerprint density at radius 1 is 1.15 bits per heavy atom. The Balaban J connectivity index is 1.66. The van der Waals surface area contributed by atoms with Crippen molar-refractivity contribution in [1.29, 1.82) is 0 Å². The number of rotatable bonds is 9. The van der Waals surface area contributed by atoms with E-state index in [9.17, 15) is 4.79 Å². The summed E-state index contributed by atoms with van der Waals surface area (Å²) in [6.07, 6.45) is 11.6. The first-order valence-electron chi connectivity index (χ1n) is 10.0. The zero-order valence-corrected chi connectivity index (χ0v) is 16.7. The van der Waals surface area contributed by atoms with E-state index in [4.69, 9.17) is 17.0 Å². The predicted octanol–water partition coefficient (Wildman–Crippen LogP) is 5.43. The molecular formula is C21H32N2O2S. The highest BCUT2D eigenvalue weighted by Crippen LogP contribution is 2.26. The van der Waals surface area contributed by atoms with E-state index in [1.54, 1.807) is 0 Å². The summed E-state index contributed by atoms with van der Waals surface area (Å²) >= 11 is 5.19. The molecule has 144 valence electrons. The lowest BCUT2D eigenvalue weighted by Crippen LogP contribution is -2.33. The van der Waals surface area contributed by atoms with Crippen LogP contribution in [0.1, 0.15) is 71.1 Å². The first-order chi connectivity index (χ1) is 12.7. The van der Waals surface area contributed by atoms with Crippen molar-refractivity contribution < 1.29 is 9.53 Å². The number of thiocarbonyl (C=S) groups is 1. The van der Waals surface area contributed by atoms with E-state index < -0.39 is 0 Å². The van der Waals surface area contributed by atoms with Gasteiger partial charge in [-0.1, -0.05) is 51.9 Å². The minimum absolute atomic E-state index is 0.0291. The summed E-state index contributed by atoms with van der Waals surface area (Å²) in [6.45, 7) is 2.90. The lowest BCUT2D eigenvalue weighted by atomic mass is 9.87. The maximum absolute atomic E-state index is 11.8. The van der Waals surface area contributed by atoms with Crippen molar-refractivity contribution in [3.63, 3.8) is 0 Å². The Bertz CT molecular complexity index is 554. The molecule has 0 spiro atoms. The van der Waals surface area contributed by atoms with Crippen molar-refractivity contribution in [3.8, 4) is 5.75 Å². The van der Waals surface area contributed by atoms with Crippen molar-refractivity contribution in [2.24, 2.45) is 5.92 Å². The molecule has 2 N–H and O–H groups in total. The molecule has 1 aliphatic carbocycles. The number of nitrogens with one attached hydrogen (secondary N) is 2. The molecule has 1 amide bonds. The van der Waals surface area contributed by atoms with Crippen LogP contribution >= 0.6 is 12.2 Å². The third kappa shape index (κ3) is 8.17. The molecule has 0 aromatic heterocycles. The first-order valence-corrected chi connectivity index (χ1v) is 10.4. The van der Waals surface area contributed by atoms with E-state index in [1.807, 2.05) is 24.3 Å². The van der Waals surface area contributed by atoms with E-state index in [1.165, 1.54) is 32.1 Å². The van der Waals surface area contributed by atoms with Crippen LogP contribution in [0.2, 0.25) is 0 Å². The first kappa shape index (κ1) is 20.7. The highest BCUT2D eigenvalue weighted by Gasteiger charge is 2.13. The lowest BCUT2D eigenvalue weighted by Gasteiger charge is -2.21. The van der Waals surface area contributed by atoms with Crippen molar-refractivity contribution in [2.45, 2.75) is 71.1 Å². The summed E-state index contributed by atoms with van der Waals surface area (Å²) in [5.41, 5.74) is 0.850. The summed E-state index contributed by atoms with van der Waals surface area (Å²) in [6, 6.07) is 7.72.